The van der Waals surface area contributed by atoms with Gasteiger partial charge < -0.3 is 24.8 Å². The predicted molar refractivity (Wildman–Crippen MR) is 97.1 cm³/mol. The summed E-state index contributed by atoms with van der Waals surface area (Å²) in [5.41, 5.74) is 0.342. The number of ether oxygens (including phenoxy) is 2. The van der Waals surface area contributed by atoms with Crippen molar-refractivity contribution in [1.82, 2.24) is 15.2 Å². The molecule has 2 N–H and O–H groups in total. The van der Waals surface area contributed by atoms with Gasteiger partial charge in [-0.25, -0.2) is 0 Å². The molecule has 0 unspecified atom stereocenters. The number of pyridine rings is 1. The van der Waals surface area contributed by atoms with Gasteiger partial charge in [0.15, 0.2) is 0 Å². The van der Waals surface area contributed by atoms with Crippen molar-refractivity contribution in [3.8, 4) is 0 Å². The first-order valence-corrected chi connectivity index (χ1v) is 9.48. The largest absolute Gasteiger partial charge is 0.389 e. The van der Waals surface area contributed by atoms with Gasteiger partial charge in [0.1, 0.15) is 11.8 Å². The minimum atomic E-state index is -0.758. The highest BCUT2D eigenvalue weighted by Crippen LogP contribution is 2.28. The smallest absolute Gasteiger partial charge is 0.272 e. The molecule has 2 aliphatic heterocycles. The fraction of sp³-hybridized carbons (Fsp3) is 0.632. The van der Waals surface area contributed by atoms with E-state index >= 15 is 0 Å². The third-order valence-electron chi connectivity index (χ3n) is 4.91. The molecule has 0 bridgehead atoms. The molecule has 0 spiro atoms. The summed E-state index contributed by atoms with van der Waals surface area (Å²) in [5.74, 6) is -0.262. The van der Waals surface area contributed by atoms with Gasteiger partial charge in [-0.05, 0) is 31.9 Å². The maximum Gasteiger partial charge on any atom is 0.272 e. The number of hydrogen-bond acceptors (Lipinski definition) is 6. The number of nitrogens with zero attached hydrogens (tertiary/aromatic N) is 2. The second kappa shape index (κ2) is 9.25. The molecular weight excluding hydrogens is 350 g/mol. The van der Waals surface area contributed by atoms with Gasteiger partial charge in [-0.1, -0.05) is 6.07 Å². The quantitative estimate of drug-likeness (QED) is 0.786. The molecule has 1 aromatic heterocycles. The molecule has 1 aromatic rings. The molecule has 8 heteroatoms. The summed E-state index contributed by atoms with van der Waals surface area (Å²) in [5, 5.41) is 13.0. The van der Waals surface area contributed by atoms with Crippen molar-refractivity contribution >= 4 is 11.8 Å². The molecule has 148 valence electrons. The summed E-state index contributed by atoms with van der Waals surface area (Å²) in [6, 6.07) is 4.97. The monoisotopic (exact) mass is 377 g/mol. The van der Waals surface area contributed by atoms with Crippen LogP contribution in [0, 0.1) is 0 Å². The Balaban J connectivity index is 1.74. The number of hydrogen-bond donors (Lipinski definition) is 2. The normalized spacial score (nSPS) is 28.6. The lowest BCUT2D eigenvalue weighted by molar-refractivity contribution is -0.150. The Labute approximate surface area is 158 Å². The van der Waals surface area contributed by atoms with Crippen LogP contribution in [-0.2, 0) is 14.3 Å². The number of carbonyl (C=O) groups excluding carboxylic acids is 2. The molecule has 3 heterocycles. The van der Waals surface area contributed by atoms with Crippen LogP contribution in [-0.4, -0.2) is 77.5 Å². The van der Waals surface area contributed by atoms with E-state index in [1.807, 2.05) is 6.92 Å². The van der Waals surface area contributed by atoms with Crippen LogP contribution >= 0.6 is 0 Å². The maximum absolute atomic E-state index is 13.0. The van der Waals surface area contributed by atoms with Gasteiger partial charge in [0.2, 0.25) is 5.91 Å². The topological polar surface area (TPSA) is 101 Å². The predicted octanol–water partition coefficient (Wildman–Crippen LogP) is 0.357. The van der Waals surface area contributed by atoms with Crippen molar-refractivity contribution in [1.29, 1.82) is 0 Å². The highest BCUT2D eigenvalue weighted by atomic mass is 16.5. The van der Waals surface area contributed by atoms with E-state index in [9.17, 15) is 14.7 Å². The molecule has 2 aliphatic rings. The average molecular weight is 377 g/mol. The molecule has 27 heavy (non-hydrogen) atoms. The highest BCUT2D eigenvalue weighted by molar-refractivity contribution is 5.92. The average Bonchev–Trinajstić information content (AvgIpc) is 2.65. The maximum atomic E-state index is 13.0. The Morgan fingerprint density at radius 3 is 2.93 bits per heavy atom. The van der Waals surface area contributed by atoms with Crippen LogP contribution in [0.2, 0.25) is 0 Å². The van der Waals surface area contributed by atoms with Gasteiger partial charge in [0, 0.05) is 19.3 Å². The van der Waals surface area contributed by atoms with Crippen molar-refractivity contribution in [2.45, 2.75) is 50.5 Å². The number of amides is 2. The minimum Gasteiger partial charge on any atom is -0.389 e. The number of aliphatic hydroxyl groups is 1. The lowest BCUT2D eigenvalue weighted by Crippen LogP contribution is -2.57. The van der Waals surface area contributed by atoms with E-state index in [2.05, 4.69) is 10.3 Å². The van der Waals surface area contributed by atoms with Crippen LogP contribution in [0.15, 0.2) is 24.4 Å². The second-order valence-corrected chi connectivity index (χ2v) is 6.96. The summed E-state index contributed by atoms with van der Waals surface area (Å²) in [6.45, 7) is 3.05. The zero-order chi connectivity index (χ0) is 19.2. The zero-order valence-corrected chi connectivity index (χ0v) is 15.5. The van der Waals surface area contributed by atoms with Gasteiger partial charge in [-0.3, -0.25) is 14.6 Å². The number of rotatable bonds is 4. The van der Waals surface area contributed by atoms with Crippen LogP contribution < -0.4 is 5.32 Å². The van der Waals surface area contributed by atoms with Crippen LogP contribution in [0.25, 0.3) is 0 Å². The summed E-state index contributed by atoms with van der Waals surface area (Å²) < 4.78 is 11.7. The standard InChI is InChI=1S/C19H27N3O5/c1-2-20-18(24)9-14-6-7-16-17(27-14)12-26-11-13(23)10-22(16)19(25)15-5-3-4-8-21-15/h3-5,8,13-14,16-17,23H,2,6-7,9-12H2,1H3,(H,20,24)/t13-,14-,16+,17-/m0/s1. The summed E-state index contributed by atoms with van der Waals surface area (Å²) in [4.78, 5) is 30.7. The Kier molecular flexibility index (Phi) is 6.76. The van der Waals surface area contributed by atoms with Crippen LogP contribution in [0.5, 0.6) is 0 Å². The molecule has 4 atom stereocenters. The fourth-order valence-electron chi connectivity index (χ4n) is 3.69. The Hall–Kier alpha value is -2.03. The van der Waals surface area contributed by atoms with Crippen LogP contribution in [0.4, 0.5) is 0 Å². The number of β-amino-alcohol motifs (C(OH)–C–C–N with tert-alkyl or cyclic N) is 1. The number of nitrogens with one attached hydrogen (secondary N) is 1. The van der Waals surface area contributed by atoms with Crippen molar-refractivity contribution in [2.75, 3.05) is 26.3 Å². The first-order valence-electron chi connectivity index (χ1n) is 9.48. The summed E-state index contributed by atoms with van der Waals surface area (Å²) >= 11 is 0. The van der Waals surface area contributed by atoms with Crippen LogP contribution in [0.3, 0.4) is 0 Å². The number of aromatic nitrogens is 1. The first kappa shape index (κ1) is 19.7. The van der Waals surface area contributed by atoms with E-state index in [-0.39, 0.29) is 49.8 Å². The van der Waals surface area contributed by atoms with E-state index in [4.69, 9.17) is 9.47 Å². The molecule has 2 amide bonds. The molecule has 8 nitrogen and oxygen atoms in total. The van der Waals surface area contributed by atoms with E-state index in [0.29, 0.717) is 31.5 Å². The number of fused-ring (bicyclic) bond motifs is 1. The zero-order valence-electron chi connectivity index (χ0n) is 15.5. The van der Waals surface area contributed by atoms with E-state index < -0.39 is 6.10 Å². The SMILES string of the molecule is CCNC(=O)C[C@@H]1CC[C@@H]2[C@H](COC[C@@H](O)CN2C(=O)c2ccccn2)O1. The fourth-order valence-corrected chi connectivity index (χ4v) is 3.69. The molecule has 0 aromatic carbocycles. The Morgan fingerprint density at radius 2 is 2.19 bits per heavy atom. The van der Waals surface area contributed by atoms with Crippen molar-refractivity contribution in [3.63, 3.8) is 0 Å². The van der Waals surface area contributed by atoms with E-state index in [1.54, 1.807) is 29.3 Å². The highest BCUT2D eigenvalue weighted by Gasteiger charge is 2.40. The van der Waals surface area contributed by atoms with Gasteiger partial charge in [-0.2, -0.15) is 0 Å². The third-order valence-corrected chi connectivity index (χ3v) is 4.91. The summed E-state index contributed by atoms with van der Waals surface area (Å²) in [7, 11) is 0. The van der Waals surface area contributed by atoms with Crippen molar-refractivity contribution in [3.05, 3.63) is 30.1 Å². The number of aliphatic hydroxyl groups excluding tert-OH is 1. The van der Waals surface area contributed by atoms with Gasteiger partial charge in [0.25, 0.3) is 5.91 Å². The molecule has 3 rings (SSSR count). The van der Waals surface area contributed by atoms with E-state index in [1.165, 1.54) is 0 Å². The minimum absolute atomic E-state index is 0.0375. The lowest BCUT2D eigenvalue weighted by atomic mass is 9.94. The molecule has 2 saturated heterocycles. The molecule has 2 fully saturated rings. The Bertz CT molecular complexity index is 641. The number of carbonyl (C=O) groups is 2. The van der Waals surface area contributed by atoms with Gasteiger partial charge in [0.05, 0.1) is 37.9 Å². The van der Waals surface area contributed by atoms with Gasteiger partial charge >= 0.3 is 0 Å². The van der Waals surface area contributed by atoms with Gasteiger partial charge in [-0.15, -0.1) is 0 Å². The first-order chi connectivity index (χ1) is 13.1. The molecule has 0 radical (unpaired) electrons. The molecule has 0 aliphatic carbocycles. The lowest BCUT2D eigenvalue weighted by Gasteiger charge is -2.44. The Morgan fingerprint density at radius 1 is 1.33 bits per heavy atom. The van der Waals surface area contributed by atoms with Crippen LogP contribution in [0.1, 0.15) is 36.7 Å². The molecule has 0 saturated carbocycles. The second-order valence-electron chi connectivity index (χ2n) is 6.96. The molecular formula is C19H27N3O5. The van der Waals surface area contributed by atoms with Crippen molar-refractivity contribution in [2.24, 2.45) is 0 Å². The summed E-state index contributed by atoms with van der Waals surface area (Å²) in [6.07, 6.45) is 1.94. The third kappa shape index (κ3) is 5.03. The van der Waals surface area contributed by atoms with E-state index in [0.717, 1.165) is 0 Å². The van der Waals surface area contributed by atoms with Crippen molar-refractivity contribution < 1.29 is 24.2 Å².